The molecule has 0 aliphatic rings. The number of hydrazine groups is 1. The van der Waals surface area contributed by atoms with Crippen LogP contribution in [0.2, 0.25) is 0 Å². The van der Waals surface area contributed by atoms with Gasteiger partial charge < -0.3 is 10.7 Å². The molecule has 21 heavy (non-hydrogen) atoms. The second-order valence-corrected chi connectivity index (χ2v) is 4.19. The molecule has 0 saturated heterocycles. The molecule has 0 spiro atoms. The van der Waals surface area contributed by atoms with Crippen molar-refractivity contribution in [1.29, 1.82) is 0 Å². The van der Waals surface area contributed by atoms with Crippen LogP contribution in [0.1, 0.15) is 15.9 Å². The van der Waals surface area contributed by atoms with Gasteiger partial charge in [-0.1, -0.05) is 24.3 Å². The minimum atomic E-state index is -4.61. The van der Waals surface area contributed by atoms with Gasteiger partial charge in [0.15, 0.2) is 0 Å². The van der Waals surface area contributed by atoms with Crippen LogP contribution in [0.4, 0.5) is 24.5 Å². The predicted octanol–water partition coefficient (Wildman–Crippen LogP) is 3.24. The van der Waals surface area contributed by atoms with Gasteiger partial charge in [0.2, 0.25) is 0 Å². The summed E-state index contributed by atoms with van der Waals surface area (Å²) in [7, 11) is 0. The zero-order valence-corrected chi connectivity index (χ0v) is 10.7. The SMILES string of the molecule is NNc1c(C(=O)Nc2ccccc2)cccc1C(F)(F)F. The van der Waals surface area contributed by atoms with Crippen molar-refractivity contribution in [3.63, 3.8) is 0 Å². The van der Waals surface area contributed by atoms with Crippen LogP contribution >= 0.6 is 0 Å². The number of hydrogen-bond acceptors (Lipinski definition) is 3. The number of rotatable bonds is 3. The molecule has 0 radical (unpaired) electrons. The number of amides is 1. The number of halogens is 3. The van der Waals surface area contributed by atoms with Gasteiger partial charge >= 0.3 is 6.18 Å². The van der Waals surface area contributed by atoms with E-state index in [1.165, 1.54) is 6.07 Å². The first kappa shape index (κ1) is 14.9. The molecule has 0 atom stereocenters. The van der Waals surface area contributed by atoms with Crippen molar-refractivity contribution >= 4 is 17.3 Å². The molecule has 4 nitrogen and oxygen atoms in total. The monoisotopic (exact) mass is 295 g/mol. The van der Waals surface area contributed by atoms with Crippen LogP contribution in [0.25, 0.3) is 0 Å². The Kier molecular flexibility index (Phi) is 4.13. The highest BCUT2D eigenvalue weighted by Gasteiger charge is 2.35. The molecule has 7 heteroatoms. The lowest BCUT2D eigenvalue weighted by molar-refractivity contribution is -0.137. The molecule has 2 rings (SSSR count). The van der Waals surface area contributed by atoms with Crippen LogP contribution in [-0.4, -0.2) is 5.91 Å². The highest BCUT2D eigenvalue weighted by Crippen LogP contribution is 2.36. The van der Waals surface area contributed by atoms with Crippen LogP contribution in [0.15, 0.2) is 48.5 Å². The topological polar surface area (TPSA) is 67.1 Å². The quantitative estimate of drug-likeness (QED) is 0.601. The fourth-order valence-electron chi connectivity index (χ4n) is 1.85. The molecule has 2 aromatic rings. The average Bonchev–Trinajstić information content (AvgIpc) is 2.46. The first-order valence-corrected chi connectivity index (χ1v) is 5.96. The molecule has 0 unspecified atom stereocenters. The molecule has 0 bridgehead atoms. The van der Waals surface area contributed by atoms with Gasteiger partial charge in [-0.3, -0.25) is 10.6 Å². The van der Waals surface area contributed by atoms with Gasteiger partial charge in [0.1, 0.15) is 0 Å². The Morgan fingerprint density at radius 1 is 1.00 bits per heavy atom. The Morgan fingerprint density at radius 2 is 1.67 bits per heavy atom. The summed E-state index contributed by atoms with van der Waals surface area (Å²) in [6, 6.07) is 11.7. The van der Waals surface area contributed by atoms with E-state index in [0.717, 1.165) is 12.1 Å². The molecule has 0 aromatic heterocycles. The minimum Gasteiger partial charge on any atom is -0.323 e. The van der Waals surface area contributed by atoms with Gasteiger partial charge in [0, 0.05) is 5.69 Å². The molecule has 2 aromatic carbocycles. The van der Waals surface area contributed by atoms with Crippen LogP contribution in [-0.2, 0) is 6.18 Å². The molecule has 1 amide bonds. The third kappa shape index (κ3) is 3.32. The maximum atomic E-state index is 12.9. The number of carbonyl (C=O) groups excluding carboxylic acids is 1. The molecular weight excluding hydrogens is 283 g/mol. The van der Waals surface area contributed by atoms with Crippen LogP contribution in [0.3, 0.4) is 0 Å². The first-order valence-electron chi connectivity index (χ1n) is 5.96. The van der Waals surface area contributed by atoms with Crippen LogP contribution in [0.5, 0.6) is 0 Å². The lowest BCUT2D eigenvalue weighted by atomic mass is 10.1. The summed E-state index contributed by atoms with van der Waals surface area (Å²) in [5, 5.41) is 2.51. The zero-order chi connectivity index (χ0) is 15.5. The first-order chi connectivity index (χ1) is 9.93. The number of para-hydroxylation sites is 2. The van der Waals surface area contributed by atoms with Gasteiger partial charge in [-0.25, -0.2) is 0 Å². The zero-order valence-electron chi connectivity index (χ0n) is 10.7. The second kappa shape index (κ2) is 5.84. The third-order valence-electron chi connectivity index (χ3n) is 2.79. The van der Waals surface area contributed by atoms with Gasteiger partial charge in [0.05, 0.1) is 16.8 Å². The van der Waals surface area contributed by atoms with Gasteiger partial charge in [0.25, 0.3) is 5.91 Å². The van der Waals surface area contributed by atoms with Gasteiger partial charge in [-0.2, -0.15) is 13.2 Å². The number of nitrogens with two attached hydrogens (primary N) is 1. The van der Waals surface area contributed by atoms with E-state index in [0.29, 0.717) is 5.69 Å². The maximum Gasteiger partial charge on any atom is 0.418 e. The molecule has 110 valence electrons. The van der Waals surface area contributed by atoms with E-state index in [1.54, 1.807) is 30.3 Å². The fraction of sp³-hybridized carbons (Fsp3) is 0.0714. The van der Waals surface area contributed by atoms with E-state index >= 15 is 0 Å². The largest absolute Gasteiger partial charge is 0.418 e. The number of anilines is 2. The molecule has 0 saturated carbocycles. The molecular formula is C14H12F3N3O. The summed E-state index contributed by atoms with van der Waals surface area (Å²) >= 11 is 0. The third-order valence-corrected chi connectivity index (χ3v) is 2.79. The molecule has 0 aliphatic carbocycles. The summed E-state index contributed by atoms with van der Waals surface area (Å²) in [5.74, 6) is 4.47. The standard InChI is InChI=1S/C14H12F3N3O/c15-14(16,17)11-8-4-7-10(12(11)20-18)13(21)19-9-5-2-1-3-6-9/h1-8,20H,18H2,(H,19,21). The van der Waals surface area contributed by atoms with E-state index in [4.69, 9.17) is 5.84 Å². The normalized spacial score (nSPS) is 11.0. The number of alkyl halides is 3. The van der Waals surface area contributed by atoms with Crippen molar-refractivity contribution in [1.82, 2.24) is 0 Å². The highest BCUT2D eigenvalue weighted by atomic mass is 19.4. The molecule has 0 fully saturated rings. The Morgan fingerprint density at radius 3 is 2.24 bits per heavy atom. The summed E-state index contributed by atoms with van der Waals surface area (Å²) in [4.78, 5) is 12.1. The van der Waals surface area contributed by atoms with Crippen molar-refractivity contribution in [2.24, 2.45) is 5.84 Å². The van der Waals surface area contributed by atoms with E-state index < -0.39 is 23.3 Å². The number of nitrogens with one attached hydrogen (secondary N) is 2. The molecule has 4 N–H and O–H groups in total. The number of carbonyl (C=O) groups is 1. The number of benzene rings is 2. The fourth-order valence-corrected chi connectivity index (χ4v) is 1.85. The van der Waals surface area contributed by atoms with Crippen molar-refractivity contribution in [3.8, 4) is 0 Å². The Hall–Kier alpha value is -2.54. The number of hydrogen-bond donors (Lipinski definition) is 3. The van der Waals surface area contributed by atoms with E-state index in [2.05, 4.69) is 5.32 Å². The summed E-state index contributed by atoms with van der Waals surface area (Å²) in [6.07, 6.45) is -4.61. The average molecular weight is 295 g/mol. The van der Waals surface area contributed by atoms with Crippen LogP contribution < -0.4 is 16.6 Å². The summed E-state index contributed by atoms with van der Waals surface area (Å²) < 4.78 is 38.6. The van der Waals surface area contributed by atoms with Crippen molar-refractivity contribution < 1.29 is 18.0 Å². The Balaban J connectivity index is 2.38. The summed E-state index contributed by atoms with van der Waals surface area (Å²) in [6.45, 7) is 0. The van der Waals surface area contributed by atoms with Crippen LogP contribution in [0, 0.1) is 0 Å². The molecule has 0 heterocycles. The smallest absolute Gasteiger partial charge is 0.323 e. The molecule has 0 aliphatic heterocycles. The lowest BCUT2D eigenvalue weighted by Gasteiger charge is -2.16. The van der Waals surface area contributed by atoms with Crippen molar-refractivity contribution in [2.75, 3.05) is 10.7 Å². The Labute approximate surface area is 118 Å². The second-order valence-electron chi connectivity index (χ2n) is 4.19. The Bertz CT molecular complexity index is 642. The van der Waals surface area contributed by atoms with E-state index in [-0.39, 0.29) is 5.56 Å². The lowest BCUT2D eigenvalue weighted by Crippen LogP contribution is -2.21. The summed E-state index contributed by atoms with van der Waals surface area (Å²) in [5.41, 5.74) is 0.793. The van der Waals surface area contributed by atoms with E-state index in [9.17, 15) is 18.0 Å². The van der Waals surface area contributed by atoms with Gasteiger partial charge in [-0.15, -0.1) is 0 Å². The van der Waals surface area contributed by atoms with E-state index in [1.807, 2.05) is 5.43 Å². The predicted molar refractivity (Wildman–Crippen MR) is 73.6 cm³/mol. The van der Waals surface area contributed by atoms with Crippen molar-refractivity contribution in [2.45, 2.75) is 6.18 Å². The number of nitrogen functional groups attached to an aromatic ring is 1. The van der Waals surface area contributed by atoms with Gasteiger partial charge in [-0.05, 0) is 24.3 Å². The minimum absolute atomic E-state index is 0.184. The maximum absolute atomic E-state index is 12.9. The van der Waals surface area contributed by atoms with Crippen molar-refractivity contribution in [3.05, 3.63) is 59.7 Å². The highest BCUT2D eigenvalue weighted by molar-refractivity contribution is 6.08.